The van der Waals surface area contributed by atoms with E-state index in [4.69, 9.17) is 10.9 Å². The SMILES string of the molecule is NC(=NO)C1CCCC1NC(=O)C1CCCCCC1. The molecular formula is C14H25N3O2. The summed E-state index contributed by atoms with van der Waals surface area (Å²) in [5, 5.41) is 15.0. The van der Waals surface area contributed by atoms with Crippen molar-refractivity contribution >= 4 is 11.7 Å². The Morgan fingerprint density at radius 1 is 1.05 bits per heavy atom. The van der Waals surface area contributed by atoms with Crippen molar-refractivity contribution in [3.8, 4) is 0 Å². The first-order valence-electron chi connectivity index (χ1n) is 7.50. The number of hydrogen-bond donors (Lipinski definition) is 3. The second-order valence-corrected chi connectivity index (χ2v) is 5.87. The summed E-state index contributed by atoms with van der Waals surface area (Å²) in [6.07, 6.45) is 9.68. The first-order valence-corrected chi connectivity index (χ1v) is 7.50. The van der Waals surface area contributed by atoms with Crippen LogP contribution in [0.2, 0.25) is 0 Å². The van der Waals surface area contributed by atoms with Crippen molar-refractivity contribution in [2.75, 3.05) is 0 Å². The lowest BCUT2D eigenvalue weighted by Gasteiger charge is -2.23. The lowest BCUT2D eigenvalue weighted by molar-refractivity contribution is -0.126. The molecule has 5 heteroatoms. The maximum atomic E-state index is 12.3. The van der Waals surface area contributed by atoms with Crippen LogP contribution in [0.3, 0.4) is 0 Å². The van der Waals surface area contributed by atoms with Crippen LogP contribution in [-0.2, 0) is 4.79 Å². The van der Waals surface area contributed by atoms with E-state index in [9.17, 15) is 4.79 Å². The Hall–Kier alpha value is -1.26. The first kappa shape index (κ1) is 14.2. The molecule has 5 nitrogen and oxygen atoms in total. The average molecular weight is 267 g/mol. The van der Waals surface area contributed by atoms with E-state index < -0.39 is 0 Å². The predicted molar refractivity (Wildman–Crippen MR) is 73.9 cm³/mol. The fraction of sp³-hybridized carbons (Fsp3) is 0.857. The third-order valence-corrected chi connectivity index (χ3v) is 4.56. The minimum atomic E-state index is -0.000252. The molecular weight excluding hydrogens is 242 g/mol. The Morgan fingerprint density at radius 2 is 1.74 bits per heavy atom. The molecule has 0 bridgehead atoms. The van der Waals surface area contributed by atoms with Crippen LogP contribution >= 0.6 is 0 Å². The average Bonchev–Trinajstić information content (AvgIpc) is 2.71. The van der Waals surface area contributed by atoms with Crippen molar-refractivity contribution in [1.82, 2.24) is 5.32 Å². The number of rotatable bonds is 3. The predicted octanol–water partition coefficient (Wildman–Crippen LogP) is 1.99. The molecule has 108 valence electrons. The second-order valence-electron chi connectivity index (χ2n) is 5.87. The van der Waals surface area contributed by atoms with Gasteiger partial charge in [0.05, 0.1) is 0 Å². The Kier molecular flexibility index (Phi) is 5.05. The first-order chi connectivity index (χ1) is 9.22. The van der Waals surface area contributed by atoms with Crippen molar-refractivity contribution in [3.63, 3.8) is 0 Å². The summed E-state index contributed by atoms with van der Waals surface area (Å²) >= 11 is 0. The van der Waals surface area contributed by atoms with Crippen LogP contribution in [0.1, 0.15) is 57.8 Å². The molecule has 2 atom stereocenters. The van der Waals surface area contributed by atoms with Gasteiger partial charge in [-0.1, -0.05) is 37.3 Å². The highest BCUT2D eigenvalue weighted by Gasteiger charge is 2.33. The summed E-state index contributed by atoms with van der Waals surface area (Å²) in [4.78, 5) is 12.3. The zero-order valence-electron chi connectivity index (χ0n) is 11.5. The van der Waals surface area contributed by atoms with E-state index in [1.54, 1.807) is 0 Å². The van der Waals surface area contributed by atoms with Gasteiger partial charge in [-0.3, -0.25) is 4.79 Å². The minimum Gasteiger partial charge on any atom is -0.409 e. The van der Waals surface area contributed by atoms with Crippen molar-refractivity contribution in [2.24, 2.45) is 22.7 Å². The Balaban J connectivity index is 1.90. The molecule has 0 spiro atoms. The third kappa shape index (κ3) is 3.61. The Labute approximate surface area is 114 Å². The summed E-state index contributed by atoms with van der Waals surface area (Å²) in [5.41, 5.74) is 5.70. The highest BCUT2D eigenvalue weighted by molar-refractivity contribution is 5.85. The number of amides is 1. The molecule has 0 aromatic carbocycles. The van der Waals surface area contributed by atoms with Crippen molar-refractivity contribution < 1.29 is 10.0 Å². The molecule has 2 aliphatic carbocycles. The highest BCUT2D eigenvalue weighted by Crippen LogP contribution is 2.28. The van der Waals surface area contributed by atoms with Crippen LogP contribution in [0.4, 0.5) is 0 Å². The van der Waals surface area contributed by atoms with E-state index in [-0.39, 0.29) is 29.6 Å². The molecule has 0 aliphatic heterocycles. The largest absolute Gasteiger partial charge is 0.409 e. The lowest BCUT2D eigenvalue weighted by Crippen LogP contribution is -2.44. The molecule has 2 rings (SSSR count). The lowest BCUT2D eigenvalue weighted by atomic mass is 9.97. The molecule has 2 unspecified atom stereocenters. The van der Waals surface area contributed by atoms with E-state index in [0.717, 1.165) is 44.9 Å². The van der Waals surface area contributed by atoms with Crippen molar-refractivity contribution in [2.45, 2.75) is 63.8 Å². The van der Waals surface area contributed by atoms with Gasteiger partial charge in [0, 0.05) is 17.9 Å². The Morgan fingerprint density at radius 3 is 2.37 bits per heavy atom. The summed E-state index contributed by atoms with van der Waals surface area (Å²) in [5.74, 6) is 0.587. The van der Waals surface area contributed by atoms with Crippen LogP contribution in [0.5, 0.6) is 0 Å². The molecule has 0 radical (unpaired) electrons. The highest BCUT2D eigenvalue weighted by atomic mass is 16.4. The van der Waals surface area contributed by atoms with E-state index in [2.05, 4.69) is 10.5 Å². The summed E-state index contributed by atoms with van der Waals surface area (Å²) in [6.45, 7) is 0. The summed E-state index contributed by atoms with van der Waals surface area (Å²) in [6, 6.07) is 0.0478. The molecule has 2 fully saturated rings. The number of carbonyl (C=O) groups excluding carboxylic acids is 1. The van der Waals surface area contributed by atoms with Crippen LogP contribution in [0.15, 0.2) is 5.16 Å². The van der Waals surface area contributed by atoms with Gasteiger partial charge in [0.1, 0.15) is 5.84 Å². The van der Waals surface area contributed by atoms with E-state index in [1.807, 2.05) is 0 Å². The van der Waals surface area contributed by atoms with Gasteiger partial charge in [0.15, 0.2) is 0 Å². The van der Waals surface area contributed by atoms with Gasteiger partial charge in [-0.15, -0.1) is 0 Å². The zero-order valence-corrected chi connectivity index (χ0v) is 11.5. The molecule has 19 heavy (non-hydrogen) atoms. The van der Waals surface area contributed by atoms with Gasteiger partial charge in [0.2, 0.25) is 5.91 Å². The molecule has 4 N–H and O–H groups in total. The number of nitrogens with two attached hydrogens (primary N) is 1. The normalized spacial score (nSPS) is 30.0. The fourth-order valence-electron chi connectivity index (χ4n) is 3.40. The second kappa shape index (κ2) is 6.78. The van der Waals surface area contributed by atoms with Gasteiger partial charge in [-0.05, 0) is 25.7 Å². The molecule has 2 aliphatic rings. The summed E-state index contributed by atoms with van der Waals surface area (Å²) in [7, 11) is 0. The van der Waals surface area contributed by atoms with Crippen LogP contribution < -0.4 is 11.1 Å². The van der Waals surface area contributed by atoms with Gasteiger partial charge >= 0.3 is 0 Å². The molecule has 2 saturated carbocycles. The van der Waals surface area contributed by atoms with Crippen molar-refractivity contribution in [1.29, 1.82) is 0 Å². The number of nitrogens with one attached hydrogen (secondary N) is 1. The monoisotopic (exact) mass is 267 g/mol. The smallest absolute Gasteiger partial charge is 0.223 e. The topological polar surface area (TPSA) is 87.7 Å². The van der Waals surface area contributed by atoms with Crippen LogP contribution in [-0.4, -0.2) is 23.0 Å². The maximum Gasteiger partial charge on any atom is 0.223 e. The van der Waals surface area contributed by atoms with E-state index >= 15 is 0 Å². The standard InChI is InChI=1S/C14H25N3O2/c15-13(17-19)11-8-5-9-12(11)16-14(18)10-6-3-1-2-4-7-10/h10-12,19H,1-9H2,(H2,15,17)(H,16,18). The number of carbonyl (C=O) groups is 1. The van der Waals surface area contributed by atoms with E-state index in [1.165, 1.54) is 12.8 Å². The maximum absolute atomic E-state index is 12.3. The van der Waals surface area contributed by atoms with Gasteiger partial charge in [-0.25, -0.2) is 0 Å². The van der Waals surface area contributed by atoms with Gasteiger partial charge in [0.25, 0.3) is 0 Å². The zero-order chi connectivity index (χ0) is 13.7. The minimum absolute atomic E-state index is 0.000252. The van der Waals surface area contributed by atoms with Gasteiger partial charge < -0.3 is 16.3 Å². The molecule has 0 aromatic rings. The molecule has 0 heterocycles. The third-order valence-electron chi connectivity index (χ3n) is 4.56. The number of amidine groups is 1. The quantitative estimate of drug-likeness (QED) is 0.240. The Bertz CT molecular complexity index is 336. The van der Waals surface area contributed by atoms with Crippen LogP contribution in [0, 0.1) is 11.8 Å². The number of oxime groups is 1. The number of nitrogens with zero attached hydrogens (tertiary/aromatic N) is 1. The fourth-order valence-corrected chi connectivity index (χ4v) is 3.40. The van der Waals surface area contributed by atoms with Crippen LogP contribution in [0.25, 0.3) is 0 Å². The number of hydrogen-bond acceptors (Lipinski definition) is 3. The molecule has 0 saturated heterocycles. The summed E-state index contributed by atoms with van der Waals surface area (Å²) < 4.78 is 0. The molecule has 0 aromatic heterocycles. The van der Waals surface area contributed by atoms with Crippen molar-refractivity contribution in [3.05, 3.63) is 0 Å². The van der Waals surface area contributed by atoms with E-state index in [0.29, 0.717) is 0 Å². The molecule has 1 amide bonds. The van der Waals surface area contributed by atoms with Gasteiger partial charge in [-0.2, -0.15) is 0 Å².